The normalized spacial score (nSPS) is 10.2. The number of rotatable bonds is 7. The summed E-state index contributed by atoms with van der Waals surface area (Å²) in [4.78, 5) is 24.5. The van der Waals surface area contributed by atoms with Crippen LogP contribution in [0.25, 0.3) is 0 Å². The molecule has 2 aromatic rings. The molecule has 132 valence electrons. The van der Waals surface area contributed by atoms with Gasteiger partial charge in [0.2, 0.25) is 11.8 Å². The summed E-state index contributed by atoms with van der Waals surface area (Å²) in [6.45, 7) is 3.98. The fourth-order valence-corrected chi connectivity index (χ4v) is 3.11. The van der Waals surface area contributed by atoms with Gasteiger partial charge in [-0.05, 0) is 49.4 Å². The third kappa shape index (κ3) is 6.43. The summed E-state index contributed by atoms with van der Waals surface area (Å²) >= 11 is 4.80. The van der Waals surface area contributed by atoms with E-state index in [2.05, 4.69) is 26.6 Å². The molecule has 0 aromatic heterocycles. The molecule has 0 bridgehead atoms. The molecule has 5 nitrogen and oxygen atoms in total. The van der Waals surface area contributed by atoms with E-state index in [9.17, 15) is 9.59 Å². The molecule has 0 unspecified atom stereocenters. The molecule has 2 amide bonds. The van der Waals surface area contributed by atoms with Gasteiger partial charge in [-0.15, -0.1) is 11.8 Å². The lowest BCUT2D eigenvalue weighted by Crippen LogP contribution is -2.16. The molecule has 2 N–H and O–H groups in total. The van der Waals surface area contributed by atoms with Crippen molar-refractivity contribution in [3.8, 4) is 5.75 Å². The number of nitrogens with one attached hydrogen (secondary N) is 2. The second kappa shape index (κ2) is 9.48. The predicted octanol–water partition coefficient (Wildman–Crippen LogP) is 4.54. The number of hydrogen-bond donors (Lipinski definition) is 2. The number of benzene rings is 2. The van der Waals surface area contributed by atoms with Crippen LogP contribution < -0.4 is 15.4 Å². The summed E-state index contributed by atoms with van der Waals surface area (Å²) < 4.78 is 6.21. The third-order valence-electron chi connectivity index (χ3n) is 3.07. The van der Waals surface area contributed by atoms with Gasteiger partial charge in [0, 0.05) is 16.3 Å². The van der Waals surface area contributed by atoms with Crippen LogP contribution >= 0.6 is 27.7 Å². The topological polar surface area (TPSA) is 67.4 Å². The van der Waals surface area contributed by atoms with Crippen LogP contribution in [0.3, 0.4) is 0 Å². The van der Waals surface area contributed by atoms with Crippen LogP contribution in [0.15, 0.2) is 51.8 Å². The van der Waals surface area contributed by atoms with Crippen LogP contribution in [0.4, 0.5) is 11.4 Å². The Balaban J connectivity index is 1.95. The maximum atomic E-state index is 12.2. The van der Waals surface area contributed by atoms with Crippen LogP contribution in [-0.2, 0) is 9.59 Å². The van der Waals surface area contributed by atoms with Crippen molar-refractivity contribution in [3.63, 3.8) is 0 Å². The maximum absolute atomic E-state index is 12.2. The zero-order valence-corrected chi connectivity index (χ0v) is 16.4. The molecular weight excluding hydrogens is 404 g/mol. The summed E-state index contributed by atoms with van der Waals surface area (Å²) in [5.74, 6) is 0.732. The molecule has 0 saturated carbocycles. The Labute approximate surface area is 159 Å². The number of anilines is 2. The highest BCUT2D eigenvalue weighted by Crippen LogP contribution is 2.27. The molecule has 0 aliphatic heterocycles. The van der Waals surface area contributed by atoms with Crippen LogP contribution in [0.2, 0.25) is 0 Å². The van der Waals surface area contributed by atoms with Crippen molar-refractivity contribution in [1.82, 2.24) is 0 Å². The fourth-order valence-electron chi connectivity index (χ4n) is 2.05. The highest BCUT2D eigenvalue weighted by Gasteiger charge is 2.09. The highest BCUT2D eigenvalue weighted by molar-refractivity contribution is 9.10. The van der Waals surface area contributed by atoms with Crippen molar-refractivity contribution in [1.29, 1.82) is 0 Å². The van der Waals surface area contributed by atoms with E-state index in [4.69, 9.17) is 4.74 Å². The number of ether oxygens (including phenoxy) is 1. The van der Waals surface area contributed by atoms with Crippen molar-refractivity contribution in [2.75, 3.05) is 23.0 Å². The van der Waals surface area contributed by atoms with Crippen molar-refractivity contribution >= 4 is 50.9 Å². The van der Waals surface area contributed by atoms with E-state index < -0.39 is 0 Å². The Kier molecular flexibility index (Phi) is 7.33. The Hall–Kier alpha value is -1.99. The summed E-state index contributed by atoms with van der Waals surface area (Å²) in [5, 5.41) is 5.53. The summed E-state index contributed by atoms with van der Waals surface area (Å²) in [6.07, 6.45) is 0. The number of thioether (sulfide) groups is 1. The number of hydrogen-bond acceptors (Lipinski definition) is 4. The van der Waals surface area contributed by atoms with Gasteiger partial charge in [-0.2, -0.15) is 0 Å². The van der Waals surface area contributed by atoms with Crippen molar-refractivity contribution < 1.29 is 14.3 Å². The van der Waals surface area contributed by atoms with Crippen molar-refractivity contribution in [3.05, 3.63) is 46.9 Å². The molecule has 0 aliphatic rings. The van der Waals surface area contributed by atoms with Gasteiger partial charge >= 0.3 is 0 Å². The van der Waals surface area contributed by atoms with Gasteiger partial charge < -0.3 is 15.4 Å². The highest BCUT2D eigenvalue weighted by atomic mass is 79.9. The average molecular weight is 423 g/mol. The monoisotopic (exact) mass is 422 g/mol. The van der Waals surface area contributed by atoms with E-state index >= 15 is 0 Å². The smallest absolute Gasteiger partial charge is 0.234 e. The quantitative estimate of drug-likeness (QED) is 0.642. The Bertz CT molecular complexity index is 750. The van der Waals surface area contributed by atoms with Crippen molar-refractivity contribution in [2.45, 2.75) is 18.7 Å². The SMILES string of the molecule is CCOc1ccc(SCC(=O)Nc2cc(Br)ccc2NC(C)=O)cc1. The minimum atomic E-state index is -0.193. The van der Waals surface area contributed by atoms with Gasteiger partial charge in [-0.25, -0.2) is 0 Å². The van der Waals surface area contributed by atoms with E-state index in [-0.39, 0.29) is 17.6 Å². The Morgan fingerprint density at radius 1 is 1.08 bits per heavy atom. The minimum Gasteiger partial charge on any atom is -0.494 e. The molecule has 0 spiro atoms. The number of amides is 2. The van der Waals surface area contributed by atoms with E-state index in [0.29, 0.717) is 18.0 Å². The van der Waals surface area contributed by atoms with Gasteiger partial charge in [-0.1, -0.05) is 15.9 Å². The van der Waals surface area contributed by atoms with Gasteiger partial charge in [0.1, 0.15) is 5.75 Å². The molecule has 0 atom stereocenters. The first-order chi connectivity index (χ1) is 12.0. The molecule has 0 heterocycles. The summed E-state index contributed by atoms with van der Waals surface area (Å²) in [7, 11) is 0. The summed E-state index contributed by atoms with van der Waals surface area (Å²) in [6, 6.07) is 12.9. The van der Waals surface area contributed by atoms with E-state index in [1.165, 1.54) is 18.7 Å². The summed E-state index contributed by atoms with van der Waals surface area (Å²) in [5.41, 5.74) is 1.12. The molecule has 25 heavy (non-hydrogen) atoms. The zero-order chi connectivity index (χ0) is 18.2. The Morgan fingerprint density at radius 2 is 1.80 bits per heavy atom. The standard InChI is InChI=1S/C18H19BrN2O3S/c1-3-24-14-5-7-15(8-6-14)25-11-18(23)21-17-10-13(19)4-9-16(17)20-12(2)22/h4-10H,3,11H2,1-2H3,(H,20,22)(H,21,23). The largest absolute Gasteiger partial charge is 0.494 e. The molecule has 7 heteroatoms. The lowest BCUT2D eigenvalue weighted by atomic mass is 10.2. The first-order valence-corrected chi connectivity index (χ1v) is 9.48. The lowest BCUT2D eigenvalue weighted by Gasteiger charge is -2.12. The first-order valence-electron chi connectivity index (χ1n) is 7.70. The van der Waals surface area contributed by atoms with Crippen LogP contribution in [0, 0.1) is 0 Å². The molecular formula is C18H19BrN2O3S. The number of carbonyl (C=O) groups excluding carboxylic acids is 2. The molecule has 2 aromatic carbocycles. The number of carbonyl (C=O) groups is 2. The molecule has 0 saturated heterocycles. The lowest BCUT2D eigenvalue weighted by molar-refractivity contribution is -0.115. The van der Waals surface area contributed by atoms with Crippen molar-refractivity contribution in [2.24, 2.45) is 0 Å². The van der Waals surface area contributed by atoms with Crippen LogP contribution in [-0.4, -0.2) is 24.2 Å². The first kappa shape index (κ1) is 19.3. The molecule has 2 rings (SSSR count). The minimum absolute atomic E-state index is 0.149. The fraction of sp³-hybridized carbons (Fsp3) is 0.222. The molecule has 0 fully saturated rings. The molecule has 0 aliphatic carbocycles. The van der Waals surface area contributed by atoms with Gasteiger partial charge in [0.05, 0.1) is 23.7 Å². The van der Waals surface area contributed by atoms with E-state index in [1.54, 1.807) is 18.2 Å². The average Bonchev–Trinajstić information content (AvgIpc) is 2.57. The number of halogens is 1. The van der Waals surface area contributed by atoms with E-state index in [0.717, 1.165) is 15.1 Å². The zero-order valence-electron chi connectivity index (χ0n) is 14.0. The molecule has 0 radical (unpaired) electrons. The second-order valence-corrected chi connectivity index (χ2v) is 7.08. The van der Waals surface area contributed by atoms with Gasteiger partial charge in [0.15, 0.2) is 0 Å². The Morgan fingerprint density at radius 3 is 2.44 bits per heavy atom. The van der Waals surface area contributed by atoms with Crippen LogP contribution in [0.5, 0.6) is 5.75 Å². The second-order valence-electron chi connectivity index (χ2n) is 5.11. The van der Waals surface area contributed by atoms with Gasteiger partial charge in [0.25, 0.3) is 0 Å². The predicted molar refractivity (Wildman–Crippen MR) is 105 cm³/mol. The maximum Gasteiger partial charge on any atom is 0.234 e. The van der Waals surface area contributed by atoms with Gasteiger partial charge in [-0.3, -0.25) is 9.59 Å². The van der Waals surface area contributed by atoms with E-state index in [1.807, 2.05) is 31.2 Å². The third-order valence-corrected chi connectivity index (χ3v) is 4.58. The van der Waals surface area contributed by atoms with Crippen LogP contribution in [0.1, 0.15) is 13.8 Å².